The molecule has 0 aromatic heterocycles. The van der Waals surface area contributed by atoms with Crippen molar-refractivity contribution in [1.29, 1.82) is 0 Å². The third kappa shape index (κ3) is 5.42. The number of ether oxygens (including phenoxy) is 1. The van der Waals surface area contributed by atoms with Crippen LogP contribution in [0.25, 0.3) is 0 Å². The first-order valence-corrected chi connectivity index (χ1v) is 8.24. The van der Waals surface area contributed by atoms with Crippen LogP contribution < -0.4 is 5.32 Å². The van der Waals surface area contributed by atoms with E-state index in [1.165, 1.54) is 31.2 Å². The van der Waals surface area contributed by atoms with E-state index in [9.17, 15) is 0 Å². The second-order valence-electron chi connectivity index (χ2n) is 6.33. The summed E-state index contributed by atoms with van der Waals surface area (Å²) in [6, 6.07) is 7.42. The molecule has 0 heterocycles. The number of aryl methyl sites for hydroxylation is 2. The first-order chi connectivity index (χ1) is 10.2. The molecule has 0 bridgehead atoms. The van der Waals surface area contributed by atoms with E-state index in [1.807, 2.05) is 0 Å². The third-order valence-electron chi connectivity index (χ3n) is 4.25. The maximum absolute atomic E-state index is 5.62. The number of likely N-dealkylation sites (N-methyl/N-ethyl adjacent to an activating group) is 1. The van der Waals surface area contributed by atoms with Crippen molar-refractivity contribution < 1.29 is 4.74 Å². The molecular weight excluding hydrogens is 260 g/mol. The molecule has 3 heteroatoms. The lowest BCUT2D eigenvalue weighted by molar-refractivity contribution is 0.118. The van der Waals surface area contributed by atoms with Crippen molar-refractivity contribution in [2.45, 2.75) is 38.6 Å². The highest BCUT2D eigenvalue weighted by molar-refractivity contribution is 5.35. The number of fused-ring (bicyclic) bond motifs is 1. The Morgan fingerprint density at radius 1 is 1.14 bits per heavy atom. The summed E-state index contributed by atoms with van der Waals surface area (Å²) in [6.45, 7) is 5.72. The highest BCUT2D eigenvalue weighted by atomic mass is 16.5. The fourth-order valence-electron chi connectivity index (χ4n) is 2.84. The van der Waals surface area contributed by atoms with Crippen molar-refractivity contribution >= 4 is 0 Å². The zero-order valence-corrected chi connectivity index (χ0v) is 13.8. The minimum Gasteiger partial charge on any atom is -0.379 e. The Balaban J connectivity index is 1.72. The van der Waals surface area contributed by atoms with Gasteiger partial charge in [-0.3, -0.25) is 0 Å². The molecule has 1 aliphatic carbocycles. The summed E-state index contributed by atoms with van der Waals surface area (Å²) >= 11 is 0. The molecule has 21 heavy (non-hydrogen) atoms. The summed E-state index contributed by atoms with van der Waals surface area (Å²) < 4.78 is 5.62. The van der Waals surface area contributed by atoms with Gasteiger partial charge in [0, 0.05) is 19.1 Å². The Hall–Kier alpha value is -0.900. The van der Waals surface area contributed by atoms with Gasteiger partial charge in [0.15, 0.2) is 0 Å². The fourth-order valence-corrected chi connectivity index (χ4v) is 2.84. The van der Waals surface area contributed by atoms with Gasteiger partial charge in [0.05, 0.1) is 13.2 Å². The van der Waals surface area contributed by atoms with Crippen LogP contribution in [0.5, 0.6) is 0 Å². The summed E-state index contributed by atoms with van der Waals surface area (Å²) in [7, 11) is 4.14. The van der Waals surface area contributed by atoms with Gasteiger partial charge in [-0.15, -0.1) is 0 Å². The number of hydrogen-bond acceptors (Lipinski definition) is 3. The van der Waals surface area contributed by atoms with Crippen molar-refractivity contribution in [2.24, 2.45) is 0 Å². The zero-order valence-electron chi connectivity index (χ0n) is 13.8. The lowest BCUT2D eigenvalue weighted by Gasteiger charge is -2.20. The lowest BCUT2D eigenvalue weighted by Crippen LogP contribution is -2.25. The van der Waals surface area contributed by atoms with Crippen molar-refractivity contribution in [3.63, 3.8) is 0 Å². The summed E-state index contributed by atoms with van der Waals surface area (Å²) in [4.78, 5) is 2.14. The Morgan fingerprint density at radius 2 is 1.90 bits per heavy atom. The molecule has 0 fully saturated rings. The monoisotopic (exact) mass is 290 g/mol. The van der Waals surface area contributed by atoms with Crippen molar-refractivity contribution in [2.75, 3.05) is 40.4 Å². The average molecular weight is 290 g/mol. The van der Waals surface area contributed by atoms with Crippen LogP contribution in [0, 0.1) is 0 Å². The standard InChI is InChI=1S/C18H30N2O/c1-15(19-10-12-21-13-11-20(2)3)17-9-8-16-6-4-5-7-18(16)14-17/h8-9,14-15,19H,4-7,10-13H2,1-3H3. The molecule has 0 spiro atoms. The van der Waals surface area contributed by atoms with E-state index in [0.717, 1.165) is 26.3 Å². The van der Waals surface area contributed by atoms with Gasteiger partial charge in [-0.25, -0.2) is 0 Å². The zero-order chi connectivity index (χ0) is 15.1. The van der Waals surface area contributed by atoms with E-state index < -0.39 is 0 Å². The van der Waals surface area contributed by atoms with Gasteiger partial charge in [0.25, 0.3) is 0 Å². The van der Waals surface area contributed by atoms with Crippen molar-refractivity contribution in [3.05, 3.63) is 34.9 Å². The van der Waals surface area contributed by atoms with Crippen molar-refractivity contribution in [1.82, 2.24) is 10.2 Å². The molecule has 1 atom stereocenters. The second kappa shape index (κ2) is 8.52. The molecule has 0 saturated heterocycles. The van der Waals surface area contributed by atoms with E-state index in [1.54, 1.807) is 11.1 Å². The normalized spacial score (nSPS) is 16.0. The quantitative estimate of drug-likeness (QED) is 0.745. The van der Waals surface area contributed by atoms with Gasteiger partial charge in [0.1, 0.15) is 0 Å². The summed E-state index contributed by atoms with van der Waals surface area (Å²) in [5.74, 6) is 0. The van der Waals surface area contributed by atoms with Crippen LogP contribution in [0.15, 0.2) is 18.2 Å². The van der Waals surface area contributed by atoms with Gasteiger partial charge in [-0.2, -0.15) is 0 Å². The van der Waals surface area contributed by atoms with Crippen LogP contribution in [0.3, 0.4) is 0 Å². The molecule has 0 aliphatic heterocycles. The van der Waals surface area contributed by atoms with E-state index >= 15 is 0 Å². The van der Waals surface area contributed by atoms with Crippen LogP contribution in [-0.4, -0.2) is 45.3 Å². The Bertz CT molecular complexity index is 431. The predicted molar refractivity (Wildman–Crippen MR) is 88.9 cm³/mol. The van der Waals surface area contributed by atoms with E-state index in [0.29, 0.717) is 6.04 Å². The van der Waals surface area contributed by atoms with Gasteiger partial charge >= 0.3 is 0 Å². The van der Waals surface area contributed by atoms with E-state index in [2.05, 4.69) is 49.4 Å². The molecule has 1 aromatic carbocycles. The molecule has 1 N–H and O–H groups in total. The third-order valence-corrected chi connectivity index (χ3v) is 4.25. The molecule has 0 saturated carbocycles. The first-order valence-electron chi connectivity index (χ1n) is 8.24. The molecule has 0 amide bonds. The molecule has 3 nitrogen and oxygen atoms in total. The fraction of sp³-hybridized carbons (Fsp3) is 0.667. The number of rotatable bonds is 8. The Labute approximate surface area is 129 Å². The summed E-state index contributed by atoms with van der Waals surface area (Å²) in [5, 5.41) is 3.56. The number of hydrogen-bond donors (Lipinski definition) is 1. The molecular formula is C18H30N2O. The van der Waals surface area contributed by atoms with Gasteiger partial charge in [-0.1, -0.05) is 18.2 Å². The van der Waals surface area contributed by atoms with Gasteiger partial charge in [-0.05, 0) is 63.4 Å². The van der Waals surface area contributed by atoms with Crippen LogP contribution >= 0.6 is 0 Å². The van der Waals surface area contributed by atoms with Crippen molar-refractivity contribution in [3.8, 4) is 0 Å². The second-order valence-corrected chi connectivity index (χ2v) is 6.33. The SMILES string of the molecule is CC(NCCOCCN(C)C)c1ccc2c(c1)CCCC2. The largest absolute Gasteiger partial charge is 0.379 e. The molecule has 1 unspecified atom stereocenters. The number of nitrogens with zero attached hydrogens (tertiary/aromatic N) is 1. The number of nitrogens with one attached hydrogen (secondary N) is 1. The minimum atomic E-state index is 0.398. The molecule has 2 rings (SSSR count). The van der Waals surface area contributed by atoms with Crippen LogP contribution in [-0.2, 0) is 17.6 Å². The highest BCUT2D eigenvalue weighted by Gasteiger charge is 2.12. The highest BCUT2D eigenvalue weighted by Crippen LogP contribution is 2.24. The predicted octanol–water partition coefficient (Wildman–Crippen LogP) is 2.79. The van der Waals surface area contributed by atoms with Crippen LogP contribution in [0.4, 0.5) is 0 Å². The summed E-state index contributed by atoms with van der Waals surface area (Å²) in [6.07, 6.45) is 5.21. The van der Waals surface area contributed by atoms with Crippen LogP contribution in [0.2, 0.25) is 0 Å². The maximum atomic E-state index is 5.62. The summed E-state index contributed by atoms with van der Waals surface area (Å²) in [5.41, 5.74) is 4.53. The Morgan fingerprint density at radius 3 is 2.67 bits per heavy atom. The molecule has 1 aliphatic rings. The smallest absolute Gasteiger partial charge is 0.0593 e. The number of benzene rings is 1. The molecule has 118 valence electrons. The first kappa shape index (κ1) is 16.5. The maximum Gasteiger partial charge on any atom is 0.0593 e. The van der Waals surface area contributed by atoms with Crippen LogP contribution in [0.1, 0.15) is 42.5 Å². The molecule has 0 radical (unpaired) electrons. The van der Waals surface area contributed by atoms with Gasteiger partial charge < -0.3 is 15.0 Å². The topological polar surface area (TPSA) is 24.5 Å². The molecule has 1 aromatic rings. The Kier molecular flexibility index (Phi) is 6.68. The minimum absolute atomic E-state index is 0.398. The van der Waals surface area contributed by atoms with Gasteiger partial charge in [0.2, 0.25) is 0 Å². The average Bonchev–Trinajstić information content (AvgIpc) is 2.49. The lowest BCUT2D eigenvalue weighted by atomic mass is 9.89. The van der Waals surface area contributed by atoms with E-state index in [4.69, 9.17) is 4.74 Å². The van der Waals surface area contributed by atoms with E-state index in [-0.39, 0.29) is 0 Å².